The van der Waals surface area contributed by atoms with Crippen LogP contribution in [-0.4, -0.2) is 0 Å². The minimum Gasteiger partial charge on any atom is -0.374 e. The van der Waals surface area contributed by atoms with Gasteiger partial charge in [0.15, 0.2) is 5.75 Å². The summed E-state index contributed by atoms with van der Waals surface area (Å²) in [6, 6.07) is 60.1. The van der Waals surface area contributed by atoms with Crippen LogP contribution in [0, 0.1) is 19.8 Å². The summed E-state index contributed by atoms with van der Waals surface area (Å²) in [6.07, 6.45) is 1.16. The predicted octanol–water partition coefficient (Wildman–Crippen LogP) is 13.2. The molecule has 52 heavy (non-hydrogen) atoms. The van der Waals surface area contributed by atoms with E-state index in [4.69, 9.17) is 4.84 Å². The normalized spacial score (nSPS) is 15.7. The van der Waals surface area contributed by atoms with Crippen LogP contribution in [0.3, 0.4) is 0 Å². The fourth-order valence-corrected chi connectivity index (χ4v) is 7.84. The minimum absolute atomic E-state index is 0.467. The van der Waals surface area contributed by atoms with Crippen molar-refractivity contribution in [3.05, 3.63) is 215 Å². The zero-order chi connectivity index (χ0) is 35.6. The third-order valence-electron chi connectivity index (χ3n) is 10.5. The summed E-state index contributed by atoms with van der Waals surface area (Å²) in [6.45, 7) is 11.2. The smallest absolute Gasteiger partial charge is 0.163 e. The van der Waals surface area contributed by atoms with Crippen LogP contribution in [0.1, 0.15) is 51.8 Å². The number of hydrogen-bond acceptors (Lipinski definition) is 2. The number of hydrogen-bond donors (Lipinski definition) is 0. The first-order valence-corrected chi connectivity index (χ1v) is 18.2. The van der Waals surface area contributed by atoms with Gasteiger partial charge in [-0.25, -0.2) is 0 Å². The van der Waals surface area contributed by atoms with E-state index in [1.807, 2.05) is 59.7 Å². The molecule has 0 saturated heterocycles. The molecule has 7 aromatic rings. The highest BCUT2D eigenvalue weighted by molar-refractivity contribution is 5.92. The molecule has 0 aromatic heterocycles. The molecular weight excluding hydrogens is 631 g/mol. The molecule has 0 radical (unpaired) electrons. The van der Waals surface area contributed by atoms with Gasteiger partial charge in [0.05, 0.1) is 11.4 Å². The van der Waals surface area contributed by atoms with Gasteiger partial charge in [0.25, 0.3) is 0 Å². The highest BCUT2D eigenvalue weighted by Gasteiger charge is 2.31. The first kappa shape index (κ1) is 33.0. The molecule has 0 amide bonds. The lowest BCUT2D eigenvalue weighted by molar-refractivity contribution is 0.324. The Hall–Kier alpha value is -6.12. The Bertz CT molecular complexity index is 2360. The second-order valence-corrected chi connectivity index (χ2v) is 14.1. The molecule has 0 N–H and O–H groups in total. The van der Waals surface area contributed by atoms with Crippen molar-refractivity contribution >= 4 is 16.9 Å². The largest absolute Gasteiger partial charge is 0.374 e. The Kier molecular flexibility index (Phi) is 9.05. The van der Waals surface area contributed by atoms with Crippen LogP contribution in [0.2, 0.25) is 0 Å². The summed E-state index contributed by atoms with van der Waals surface area (Å²) in [5.41, 5.74) is 16.8. The molecule has 1 heterocycles. The molecule has 1 aliphatic carbocycles. The topological polar surface area (TPSA) is 12.5 Å². The summed E-state index contributed by atoms with van der Waals surface area (Å²) >= 11 is 0. The van der Waals surface area contributed by atoms with Crippen LogP contribution < -0.4 is 9.90 Å². The highest BCUT2D eigenvalue weighted by Crippen LogP contribution is 2.45. The second kappa shape index (κ2) is 14.2. The van der Waals surface area contributed by atoms with E-state index in [0.717, 1.165) is 51.4 Å². The summed E-state index contributed by atoms with van der Waals surface area (Å²) in [5, 5.41) is 1.93. The van der Waals surface area contributed by atoms with Gasteiger partial charge >= 0.3 is 0 Å². The van der Waals surface area contributed by atoms with Crippen LogP contribution in [0.5, 0.6) is 5.75 Å². The van der Waals surface area contributed by atoms with Crippen LogP contribution in [0.15, 0.2) is 176 Å². The Morgan fingerprint density at radius 2 is 1.15 bits per heavy atom. The molecule has 0 fully saturated rings. The van der Waals surface area contributed by atoms with Gasteiger partial charge in [0, 0.05) is 17.0 Å². The molecule has 0 spiro atoms. The first-order chi connectivity index (χ1) is 25.4. The van der Waals surface area contributed by atoms with Crippen LogP contribution >= 0.6 is 0 Å². The summed E-state index contributed by atoms with van der Waals surface area (Å²) < 4.78 is 0. The average molecular weight is 674 g/mol. The lowest BCUT2D eigenvalue weighted by atomic mass is 9.83. The van der Waals surface area contributed by atoms with Crippen molar-refractivity contribution in [1.29, 1.82) is 0 Å². The number of benzene rings is 7. The zero-order valence-electron chi connectivity index (χ0n) is 30.1. The van der Waals surface area contributed by atoms with E-state index >= 15 is 0 Å². The molecule has 2 aliphatic rings. The van der Waals surface area contributed by atoms with Crippen LogP contribution in [-0.2, 0) is 6.42 Å². The molecular formula is C50H43NO. The monoisotopic (exact) mass is 673 g/mol. The standard InChI is InChI=1S/C43H35NO.C7H8/c1-28-25-33(21-23-37(28)43-29(2)26-35-11-7-8-15-40(35)43)31-17-19-32(20-18-31)34-22-24-38-30(3)39-14-9-10-16-42(39)45-44(41(38)27-34)36-12-5-4-6-13-36;1-7-5-3-2-4-6-7/h4-25,27,29,43H,3,26H2,1-2H3;2-6H,1H3. The third kappa shape index (κ3) is 6.45. The van der Waals surface area contributed by atoms with Gasteiger partial charge in [-0.05, 0) is 101 Å². The lowest BCUT2D eigenvalue weighted by Crippen LogP contribution is -2.21. The number of aryl methyl sites for hydroxylation is 2. The maximum Gasteiger partial charge on any atom is 0.163 e. The first-order valence-electron chi connectivity index (χ1n) is 18.2. The van der Waals surface area contributed by atoms with Crippen molar-refractivity contribution in [3.63, 3.8) is 0 Å². The Morgan fingerprint density at radius 1 is 0.558 bits per heavy atom. The summed E-state index contributed by atoms with van der Waals surface area (Å²) in [7, 11) is 0. The maximum atomic E-state index is 6.56. The maximum absolute atomic E-state index is 6.56. The van der Waals surface area contributed by atoms with Crippen molar-refractivity contribution in [2.75, 3.05) is 5.06 Å². The molecule has 2 atom stereocenters. The number of rotatable bonds is 4. The van der Waals surface area contributed by atoms with Gasteiger partial charge in [-0.2, -0.15) is 5.06 Å². The molecule has 0 saturated carbocycles. The molecule has 2 unspecified atom stereocenters. The second-order valence-electron chi connectivity index (χ2n) is 14.1. The molecule has 7 aromatic carbocycles. The van der Waals surface area contributed by atoms with Crippen molar-refractivity contribution < 1.29 is 4.84 Å². The Balaban J connectivity index is 0.000000497. The number of nitrogens with zero attached hydrogens (tertiary/aromatic N) is 1. The average Bonchev–Trinajstić information content (AvgIpc) is 3.46. The fourth-order valence-electron chi connectivity index (χ4n) is 7.84. The molecule has 254 valence electrons. The lowest BCUT2D eigenvalue weighted by Gasteiger charge is -2.25. The molecule has 2 nitrogen and oxygen atoms in total. The summed E-state index contributed by atoms with van der Waals surface area (Å²) in [4.78, 5) is 6.56. The van der Waals surface area contributed by atoms with E-state index in [0.29, 0.717) is 11.8 Å². The van der Waals surface area contributed by atoms with Crippen molar-refractivity contribution in [2.45, 2.75) is 33.1 Å². The van der Waals surface area contributed by atoms with Gasteiger partial charge in [0.2, 0.25) is 0 Å². The fraction of sp³-hybridized carbons (Fsp3) is 0.120. The van der Waals surface area contributed by atoms with E-state index in [9.17, 15) is 0 Å². The van der Waals surface area contributed by atoms with Gasteiger partial charge in [-0.1, -0.05) is 165 Å². The van der Waals surface area contributed by atoms with Gasteiger partial charge in [-0.3, -0.25) is 0 Å². The van der Waals surface area contributed by atoms with E-state index in [2.05, 4.69) is 143 Å². The molecule has 9 rings (SSSR count). The van der Waals surface area contributed by atoms with E-state index in [1.165, 1.54) is 38.9 Å². The van der Waals surface area contributed by atoms with Gasteiger partial charge in [-0.15, -0.1) is 0 Å². The zero-order valence-corrected chi connectivity index (χ0v) is 30.1. The predicted molar refractivity (Wildman–Crippen MR) is 218 cm³/mol. The highest BCUT2D eigenvalue weighted by atomic mass is 16.7. The van der Waals surface area contributed by atoms with E-state index in [-0.39, 0.29) is 0 Å². The van der Waals surface area contributed by atoms with Crippen molar-refractivity contribution in [3.8, 4) is 28.0 Å². The minimum atomic E-state index is 0.467. The Morgan fingerprint density at radius 3 is 1.85 bits per heavy atom. The van der Waals surface area contributed by atoms with Crippen molar-refractivity contribution in [2.24, 2.45) is 5.92 Å². The van der Waals surface area contributed by atoms with Crippen molar-refractivity contribution in [1.82, 2.24) is 0 Å². The SMILES string of the molecule is C=C1c2ccccc2ON(c2ccccc2)c2cc(-c3ccc(-c4ccc(C5c6ccccc6CC5C)c(C)c4)cc3)ccc21.Cc1ccccc1. The molecule has 1 aliphatic heterocycles. The van der Waals surface area contributed by atoms with Gasteiger partial charge in [0.1, 0.15) is 0 Å². The van der Waals surface area contributed by atoms with Crippen LogP contribution in [0.4, 0.5) is 11.4 Å². The van der Waals surface area contributed by atoms with E-state index < -0.39 is 0 Å². The summed E-state index contributed by atoms with van der Waals surface area (Å²) in [5.74, 6) is 1.87. The quantitative estimate of drug-likeness (QED) is 0.184. The number of fused-ring (bicyclic) bond motifs is 3. The van der Waals surface area contributed by atoms with E-state index in [1.54, 1.807) is 0 Å². The van der Waals surface area contributed by atoms with Gasteiger partial charge < -0.3 is 4.84 Å². The number of anilines is 2. The van der Waals surface area contributed by atoms with Crippen LogP contribution in [0.25, 0.3) is 27.8 Å². The number of para-hydroxylation sites is 2. The molecule has 0 bridgehead atoms. The Labute approximate surface area is 308 Å². The third-order valence-corrected chi connectivity index (χ3v) is 10.5. The molecule has 2 heteroatoms.